The highest BCUT2D eigenvalue weighted by atomic mass is 16.8. The van der Waals surface area contributed by atoms with Crippen molar-refractivity contribution in [2.24, 2.45) is 5.92 Å². The maximum atomic E-state index is 11.8. The Morgan fingerprint density at radius 1 is 1.53 bits per heavy atom. The quantitative estimate of drug-likeness (QED) is 0.423. The topological polar surface area (TPSA) is 61.8 Å². The van der Waals surface area contributed by atoms with Gasteiger partial charge in [-0.25, -0.2) is 4.79 Å². The summed E-state index contributed by atoms with van der Waals surface area (Å²) in [5, 5.41) is 0. The zero-order chi connectivity index (χ0) is 13.3. The van der Waals surface area contributed by atoms with Crippen LogP contribution in [0, 0.1) is 5.92 Å². The van der Waals surface area contributed by atoms with Crippen LogP contribution in [0.25, 0.3) is 0 Å². The largest absolute Gasteiger partial charge is 0.466 e. The number of methoxy groups -OCH3 is 1. The Morgan fingerprint density at radius 2 is 2.12 bits per heavy atom. The summed E-state index contributed by atoms with van der Waals surface area (Å²) >= 11 is 0. The van der Waals surface area contributed by atoms with E-state index in [0.717, 1.165) is 6.42 Å². The van der Waals surface area contributed by atoms with Gasteiger partial charge in [0.25, 0.3) is 0 Å². The number of ether oxygens (including phenoxy) is 3. The number of hydrogen-bond acceptors (Lipinski definition) is 5. The standard InChI is InChI=1S/C12H20O5/c1-6-8(2)9-12(7-13,10(14)15-5)17-11(3,4)16-9/h7-9H,6H2,1-5H3/t8-,9-,12-/m0/s1. The number of esters is 1. The number of aldehydes is 1. The fourth-order valence-corrected chi connectivity index (χ4v) is 2.09. The Hall–Kier alpha value is -0.940. The van der Waals surface area contributed by atoms with E-state index in [-0.39, 0.29) is 5.92 Å². The van der Waals surface area contributed by atoms with Crippen molar-refractivity contribution in [3.8, 4) is 0 Å². The van der Waals surface area contributed by atoms with Crippen molar-refractivity contribution in [2.75, 3.05) is 7.11 Å². The summed E-state index contributed by atoms with van der Waals surface area (Å²) in [7, 11) is 1.23. The highest BCUT2D eigenvalue weighted by Gasteiger charge is 2.60. The van der Waals surface area contributed by atoms with Gasteiger partial charge in [-0.05, 0) is 19.8 Å². The first-order chi connectivity index (χ1) is 7.83. The fraction of sp³-hybridized carbons (Fsp3) is 0.833. The lowest BCUT2D eigenvalue weighted by atomic mass is 9.87. The molecule has 98 valence electrons. The van der Waals surface area contributed by atoms with Gasteiger partial charge in [-0.1, -0.05) is 20.3 Å². The van der Waals surface area contributed by atoms with Crippen LogP contribution in [0.15, 0.2) is 0 Å². The average molecular weight is 244 g/mol. The van der Waals surface area contributed by atoms with Crippen LogP contribution in [0.1, 0.15) is 34.1 Å². The molecule has 1 saturated heterocycles. The highest BCUT2D eigenvalue weighted by molar-refractivity contribution is 5.98. The van der Waals surface area contributed by atoms with Crippen molar-refractivity contribution >= 4 is 12.3 Å². The van der Waals surface area contributed by atoms with E-state index in [1.54, 1.807) is 13.8 Å². The van der Waals surface area contributed by atoms with E-state index in [2.05, 4.69) is 4.74 Å². The van der Waals surface area contributed by atoms with Gasteiger partial charge in [-0.3, -0.25) is 4.79 Å². The van der Waals surface area contributed by atoms with Crippen LogP contribution in [0.2, 0.25) is 0 Å². The van der Waals surface area contributed by atoms with Gasteiger partial charge in [0.1, 0.15) is 6.10 Å². The van der Waals surface area contributed by atoms with Crippen molar-refractivity contribution in [1.29, 1.82) is 0 Å². The van der Waals surface area contributed by atoms with Gasteiger partial charge in [0.15, 0.2) is 12.1 Å². The Balaban J connectivity index is 3.15. The van der Waals surface area contributed by atoms with Gasteiger partial charge in [-0.15, -0.1) is 0 Å². The summed E-state index contributed by atoms with van der Waals surface area (Å²) in [4.78, 5) is 23.2. The molecule has 17 heavy (non-hydrogen) atoms. The summed E-state index contributed by atoms with van der Waals surface area (Å²) in [5.41, 5.74) is -1.65. The third-order valence-electron chi connectivity index (χ3n) is 3.09. The fourth-order valence-electron chi connectivity index (χ4n) is 2.09. The molecular formula is C12H20O5. The maximum absolute atomic E-state index is 11.8. The lowest BCUT2D eigenvalue weighted by Crippen LogP contribution is -2.52. The molecule has 0 aromatic heterocycles. The Labute approximate surface area is 101 Å². The molecule has 0 N–H and O–H groups in total. The Morgan fingerprint density at radius 3 is 2.53 bits per heavy atom. The van der Waals surface area contributed by atoms with E-state index in [1.807, 2.05) is 13.8 Å². The lowest BCUT2D eigenvalue weighted by Gasteiger charge is -2.27. The smallest absolute Gasteiger partial charge is 0.348 e. The van der Waals surface area contributed by atoms with E-state index < -0.39 is 23.5 Å². The zero-order valence-electron chi connectivity index (χ0n) is 11.0. The number of hydrogen-bond donors (Lipinski definition) is 0. The molecule has 1 fully saturated rings. The van der Waals surface area contributed by atoms with E-state index in [0.29, 0.717) is 6.29 Å². The SMILES string of the molecule is CC[C@H](C)[C@@H]1OC(C)(C)O[C@]1(C=O)C(=O)OC. The minimum absolute atomic E-state index is 0.0149. The maximum Gasteiger partial charge on any atom is 0.348 e. The van der Waals surface area contributed by atoms with Gasteiger partial charge in [0, 0.05) is 0 Å². The molecule has 3 atom stereocenters. The second-order valence-electron chi connectivity index (χ2n) is 4.83. The minimum atomic E-state index is -1.65. The molecule has 0 unspecified atom stereocenters. The molecule has 0 radical (unpaired) electrons. The monoisotopic (exact) mass is 244 g/mol. The number of carbonyl (C=O) groups is 2. The van der Waals surface area contributed by atoms with Gasteiger partial charge < -0.3 is 14.2 Å². The predicted molar refractivity (Wildman–Crippen MR) is 60.3 cm³/mol. The molecule has 1 aliphatic heterocycles. The molecule has 0 saturated carbocycles. The van der Waals surface area contributed by atoms with Crippen molar-refractivity contribution in [3.05, 3.63) is 0 Å². The highest BCUT2D eigenvalue weighted by Crippen LogP contribution is 2.40. The summed E-state index contributed by atoms with van der Waals surface area (Å²) < 4.78 is 15.9. The van der Waals surface area contributed by atoms with Crippen molar-refractivity contribution in [3.63, 3.8) is 0 Å². The van der Waals surface area contributed by atoms with Crippen LogP contribution in [0.4, 0.5) is 0 Å². The third-order valence-corrected chi connectivity index (χ3v) is 3.09. The second-order valence-corrected chi connectivity index (χ2v) is 4.83. The Bertz CT molecular complexity index is 312. The first-order valence-electron chi connectivity index (χ1n) is 5.75. The number of carbonyl (C=O) groups excluding carboxylic acids is 2. The molecule has 0 aromatic carbocycles. The molecule has 0 aromatic rings. The van der Waals surface area contributed by atoms with Gasteiger partial charge in [0.05, 0.1) is 7.11 Å². The van der Waals surface area contributed by atoms with E-state index in [9.17, 15) is 9.59 Å². The van der Waals surface area contributed by atoms with E-state index in [1.165, 1.54) is 7.11 Å². The van der Waals surface area contributed by atoms with E-state index >= 15 is 0 Å². The third kappa shape index (κ3) is 2.35. The molecule has 5 nitrogen and oxygen atoms in total. The van der Waals surface area contributed by atoms with Crippen LogP contribution in [-0.4, -0.2) is 36.9 Å². The van der Waals surface area contributed by atoms with Crippen LogP contribution < -0.4 is 0 Å². The van der Waals surface area contributed by atoms with Gasteiger partial charge >= 0.3 is 5.97 Å². The predicted octanol–water partition coefficient (Wildman–Crippen LogP) is 1.29. The lowest BCUT2D eigenvalue weighted by molar-refractivity contribution is -0.186. The second kappa shape index (κ2) is 4.74. The van der Waals surface area contributed by atoms with Crippen LogP contribution >= 0.6 is 0 Å². The average Bonchev–Trinajstić information content (AvgIpc) is 2.59. The molecule has 1 rings (SSSR count). The van der Waals surface area contributed by atoms with Crippen molar-refractivity contribution in [1.82, 2.24) is 0 Å². The van der Waals surface area contributed by atoms with Crippen molar-refractivity contribution in [2.45, 2.75) is 51.6 Å². The Kier molecular flexibility index (Phi) is 3.94. The van der Waals surface area contributed by atoms with Crippen LogP contribution in [-0.2, 0) is 23.8 Å². The molecule has 1 aliphatic rings. The van der Waals surface area contributed by atoms with Crippen LogP contribution in [0.3, 0.4) is 0 Å². The molecule has 1 heterocycles. The minimum Gasteiger partial charge on any atom is -0.466 e. The summed E-state index contributed by atoms with van der Waals surface area (Å²) in [6.07, 6.45) is 0.647. The van der Waals surface area contributed by atoms with Crippen LogP contribution in [0.5, 0.6) is 0 Å². The summed E-state index contributed by atoms with van der Waals surface area (Å²) in [6.45, 7) is 7.23. The first-order valence-corrected chi connectivity index (χ1v) is 5.75. The van der Waals surface area contributed by atoms with Gasteiger partial charge in [-0.2, -0.15) is 0 Å². The normalized spacial score (nSPS) is 33.1. The molecule has 0 bridgehead atoms. The molecule has 0 spiro atoms. The van der Waals surface area contributed by atoms with Gasteiger partial charge in [0.2, 0.25) is 5.60 Å². The summed E-state index contributed by atoms with van der Waals surface area (Å²) in [6, 6.07) is 0. The van der Waals surface area contributed by atoms with E-state index in [4.69, 9.17) is 9.47 Å². The zero-order valence-corrected chi connectivity index (χ0v) is 11.0. The van der Waals surface area contributed by atoms with Crippen molar-refractivity contribution < 1.29 is 23.8 Å². The molecule has 5 heteroatoms. The number of rotatable bonds is 4. The first kappa shape index (κ1) is 14.1. The molecule has 0 aliphatic carbocycles. The molecule has 0 amide bonds. The molecular weight excluding hydrogens is 224 g/mol. The summed E-state index contributed by atoms with van der Waals surface area (Å²) in [5.74, 6) is -1.66.